The van der Waals surface area contributed by atoms with E-state index in [1.807, 2.05) is 0 Å². The summed E-state index contributed by atoms with van der Waals surface area (Å²) in [6.45, 7) is 5.31. The van der Waals surface area contributed by atoms with E-state index in [-0.39, 0.29) is 6.10 Å². The van der Waals surface area contributed by atoms with Gasteiger partial charge in [0.25, 0.3) is 0 Å². The first kappa shape index (κ1) is 14.2. The number of hydrogen-bond acceptors (Lipinski definition) is 5. The van der Waals surface area contributed by atoms with Crippen molar-refractivity contribution in [3.8, 4) is 5.69 Å². The van der Waals surface area contributed by atoms with E-state index in [2.05, 4.69) is 45.8 Å². The fourth-order valence-corrected chi connectivity index (χ4v) is 2.75. The van der Waals surface area contributed by atoms with Gasteiger partial charge >= 0.3 is 0 Å². The lowest BCUT2D eigenvalue weighted by molar-refractivity contribution is 0.146. The number of benzene rings is 1. The number of aromatic nitrogens is 3. The minimum Gasteiger partial charge on any atom is -0.391 e. The Labute approximate surface area is 124 Å². The fraction of sp³-hybridized carbons (Fsp3) is 0.467. The van der Waals surface area contributed by atoms with Crippen molar-refractivity contribution in [2.24, 2.45) is 5.92 Å². The van der Waals surface area contributed by atoms with E-state index in [1.165, 1.54) is 17.5 Å². The van der Waals surface area contributed by atoms with Crippen molar-refractivity contribution in [2.75, 3.05) is 19.6 Å². The van der Waals surface area contributed by atoms with Crippen LogP contribution in [0.5, 0.6) is 0 Å². The summed E-state index contributed by atoms with van der Waals surface area (Å²) in [6, 6.07) is 6.32. The van der Waals surface area contributed by atoms with Gasteiger partial charge in [-0.15, -0.1) is 0 Å². The molecule has 3 N–H and O–H groups in total. The molecule has 6 nitrogen and oxygen atoms in total. The summed E-state index contributed by atoms with van der Waals surface area (Å²) in [5.74, 6) is 0.306. The topological polar surface area (TPSA) is 75.0 Å². The van der Waals surface area contributed by atoms with E-state index in [0.717, 1.165) is 25.3 Å². The Balaban J connectivity index is 1.58. The second-order valence-electron chi connectivity index (χ2n) is 5.58. The van der Waals surface area contributed by atoms with Crippen LogP contribution in [-0.2, 0) is 6.54 Å². The van der Waals surface area contributed by atoms with E-state index in [0.29, 0.717) is 12.5 Å². The zero-order chi connectivity index (χ0) is 14.7. The molecule has 0 amide bonds. The number of nitrogens with one attached hydrogen (secondary N) is 2. The smallest absolute Gasteiger partial charge is 0.138 e. The van der Waals surface area contributed by atoms with Crippen LogP contribution in [0.4, 0.5) is 0 Å². The molecule has 1 aliphatic heterocycles. The van der Waals surface area contributed by atoms with Gasteiger partial charge in [-0.25, -0.2) is 9.67 Å². The first-order valence-electron chi connectivity index (χ1n) is 7.28. The summed E-state index contributed by atoms with van der Waals surface area (Å²) >= 11 is 0. The number of aryl methyl sites for hydroxylation is 1. The van der Waals surface area contributed by atoms with Gasteiger partial charge in [0, 0.05) is 32.1 Å². The zero-order valence-electron chi connectivity index (χ0n) is 12.2. The predicted octanol–water partition coefficient (Wildman–Crippen LogP) is 0.246. The number of nitrogens with zero attached hydrogens (tertiary/aromatic N) is 3. The largest absolute Gasteiger partial charge is 0.391 e. The molecule has 1 aromatic heterocycles. The molecule has 1 aliphatic rings. The molecule has 1 fully saturated rings. The average molecular weight is 287 g/mol. The molecule has 2 aromatic rings. The normalized spacial score (nSPS) is 21.8. The van der Waals surface area contributed by atoms with Crippen LogP contribution in [0.25, 0.3) is 5.69 Å². The highest BCUT2D eigenvalue weighted by Crippen LogP contribution is 2.15. The summed E-state index contributed by atoms with van der Waals surface area (Å²) in [7, 11) is 0. The molecule has 2 heterocycles. The lowest BCUT2D eigenvalue weighted by Gasteiger charge is -2.14. The second kappa shape index (κ2) is 6.34. The van der Waals surface area contributed by atoms with Crippen LogP contribution in [-0.4, -0.2) is 45.6 Å². The summed E-state index contributed by atoms with van der Waals surface area (Å²) in [6.07, 6.45) is 3.01. The van der Waals surface area contributed by atoms with Crippen LogP contribution in [0.1, 0.15) is 11.1 Å². The quantitative estimate of drug-likeness (QED) is 0.735. The minimum absolute atomic E-state index is 0.228. The molecule has 6 heteroatoms. The van der Waals surface area contributed by atoms with E-state index in [1.54, 1.807) is 11.0 Å². The molecule has 0 aliphatic carbocycles. The number of aliphatic hydroxyl groups is 1. The first-order valence-corrected chi connectivity index (χ1v) is 7.28. The number of rotatable bonds is 5. The van der Waals surface area contributed by atoms with E-state index in [4.69, 9.17) is 0 Å². The van der Waals surface area contributed by atoms with Gasteiger partial charge in [0.15, 0.2) is 0 Å². The Morgan fingerprint density at radius 3 is 3.00 bits per heavy atom. The molecule has 0 bridgehead atoms. The fourth-order valence-electron chi connectivity index (χ4n) is 2.75. The lowest BCUT2D eigenvalue weighted by Crippen LogP contribution is -2.30. The minimum atomic E-state index is -0.228. The molecular weight excluding hydrogens is 266 g/mol. The average Bonchev–Trinajstić information content (AvgIpc) is 3.11. The summed E-state index contributed by atoms with van der Waals surface area (Å²) in [5, 5.41) is 20.5. The van der Waals surface area contributed by atoms with Gasteiger partial charge in [-0.2, -0.15) is 5.10 Å². The van der Waals surface area contributed by atoms with Crippen molar-refractivity contribution in [3.05, 3.63) is 42.0 Å². The third kappa shape index (κ3) is 3.29. The van der Waals surface area contributed by atoms with Gasteiger partial charge in [-0.1, -0.05) is 12.1 Å². The van der Waals surface area contributed by atoms with E-state index < -0.39 is 0 Å². The van der Waals surface area contributed by atoms with Crippen LogP contribution in [0, 0.1) is 12.8 Å². The first-order chi connectivity index (χ1) is 10.2. The zero-order valence-corrected chi connectivity index (χ0v) is 12.2. The van der Waals surface area contributed by atoms with Crippen molar-refractivity contribution in [2.45, 2.75) is 19.6 Å². The Hall–Kier alpha value is -1.76. The van der Waals surface area contributed by atoms with Gasteiger partial charge in [-0.05, 0) is 24.1 Å². The maximum absolute atomic E-state index is 9.75. The molecule has 1 aromatic carbocycles. The third-order valence-electron chi connectivity index (χ3n) is 3.97. The van der Waals surface area contributed by atoms with Crippen LogP contribution < -0.4 is 10.6 Å². The SMILES string of the molecule is Cc1cc(CNCC2CNCC2O)ccc1-n1cncn1. The molecule has 112 valence electrons. The monoisotopic (exact) mass is 287 g/mol. The lowest BCUT2D eigenvalue weighted by atomic mass is 10.1. The Bertz CT molecular complexity index is 584. The van der Waals surface area contributed by atoms with Crippen molar-refractivity contribution >= 4 is 0 Å². The summed E-state index contributed by atoms with van der Waals surface area (Å²) < 4.78 is 1.77. The van der Waals surface area contributed by atoms with Crippen LogP contribution in [0.15, 0.2) is 30.9 Å². The molecule has 2 unspecified atom stereocenters. The van der Waals surface area contributed by atoms with Gasteiger partial charge in [0.2, 0.25) is 0 Å². The number of aliphatic hydroxyl groups excluding tert-OH is 1. The molecule has 2 atom stereocenters. The molecule has 0 radical (unpaired) electrons. The van der Waals surface area contributed by atoms with Crippen LogP contribution >= 0.6 is 0 Å². The van der Waals surface area contributed by atoms with Crippen LogP contribution in [0.3, 0.4) is 0 Å². The second-order valence-corrected chi connectivity index (χ2v) is 5.58. The van der Waals surface area contributed by atoms with Gasteiger partial charge < -0.3 is 15.7 Å². The Morgan fingerprint density at radius 2 is 2.33 bits per heavy atom. The molecule has 0 saturated carbocycles. The summed E-state index contributed by atoms with van der Waals surface area (Å²) in [4.78, 5) is 3.97. The highest BCUT2D eigenvalue weighted by atomic mass is 16.3. The van der Waals surface area contributed by atoms with Crippen molar-refractivity contribution in [1.29, 1.82) is 0 Å². The van der Waals surface area contributed by atoms with Crippen molar-refractivity contribution in [3.63, 3.8) is 0 Å². The predicted molar refractivity (Wildman–Crippen MR) is 80.2 cm³/mol. The van der Waals surface area contributed by atoms with Gasteiger partial charge in [0.1, 0.15) is 12.7 Å². The highest BCUT2D eigenvalue weighted by molar-refractivity contribution is 5.41. The third-order valence-corrected chi connectivity index (χ3v) is 3.97. The maximum atomic E-state index is 9.75. The molecule has 3 rings (SSSR count). The van der Waals surface area contributed by atoms with Crippen LogP contribution in [0.2, 0.25) is 0 Å². The Morgan fingerprint density at radius 1 is 1.43 bits per heavy atom. The molecule has 0 spiro atoms. The molecule has 1 saturated heterocycles. The van der Waals surface area contributed by atoms with E-state index in [9.17, 15) is 5.11 Å². The highest BCUT2D eigenvalue weighted by Gasteiger charge is 2.23. The summed E-state index contributed by atoms with van der Waals surface area (Å²) in [5.41, 5.74) is 3.45. The standard InChI is InChI=1S/C15H21N5O/c1-11-4-12(2-3-14(11)20-10-18-9-19-20)5-16-6-13-7-17-8-15(13)21/h2-4,9-10,13,15-17,21H,5-8H2,1H3. The number of β-amino-alcohol motifs (C(OH)–C–C–N with tert-alkyl or cyclic N) is 1. The van der Waals surface area contributed by atoms with Gasteiger partial charge in [-0.3, -0.25) is 0 Å². The van der Waals surface area contributed by atoms with E-state index >= 15 is 0 Å². The Kier molecular flexibility index (Phi) is 4.28. The number of hydrogen-bond donors (Lipinski definition) is 3. The van der Waals surface area contributed by atoms with Crippen molar-refractivity contribution < 1.29 is 5.11 Å². The van der Waals surface area contributed by atoms with Gasteiger partial charge in [0.05, 0.1) is 11.8 Å². The van der Waals surface area contributed by atoms with Crippen molar-refractivity contribution in [1.82, 2.24) is 25.4 Å². The molecule has 21 heavy (non-hydrogen) atoms. The maximum Gasteiger partial charge on any atom is 0.138 e. The molecular formula is C15H21N5O.